The topological polar surface area (TPSA) is 125 Å². The van der Waals surface area contributed by atoms with Crippen LogP contribution < -0.4 is 0 Å². The third-order valence-corrected chi connectivity index (χ3v) is 4.68. The molecule has 7 nitrogen and oxygen atoms in total. The Morgan fingerprint density at radius 3 is 2.25 bits per heavy atom. The van der Waals surface area contributed by atoms with Crippen LogP contribution in [-0.2, 0) is 19.1 Å². The zero-order valence-electron chi connectivity index (χ0n) is 13.9. The van der Waals surface area contributed by atoms with Gasteiger partial charge >= 0.3 is 17.9 Å². The maximum Gasteiger partial charge on any atom is 0.307 e. The van der Waals surface area contributed by atoms with Crippen LogP contribution in [0.2, 0.25) is 0 Å². The molecular formula is C17H25NO6. The first-order valence-electron chi connectivity index (χ1n) is 8.43. The molecule has 1 aliphatic carbocycles. The molecule has 0 aromatic heterocycles. The fourth-order valence-corrected chi connectivity index (χ4v) is 3.48. The van der Waals surface area contributed by atoms with Gasteiger partial charge in [0.05, 0.1) is 30.4 Å². The van der Waals surface area contributed by atoms with E-state index in [0.717, 1.165) is 19.3 Å². The van der Waals surface area contributed by atoms with E-state index in [2.05, 4.69) is 0 Å². The summed E-state index contributed by atoms with van der Waals surface area (Å²) in [5.74, 6) is -5.16. The van der Waals surface area contributed by atoms with Crippen molar-refractivity contribution >= 4 is 17.9 Å². The van der Waals surface area contributed by atoms with Crippen LogP contribution in [0, 0.1) is 35.0 Å². The molecule has 0 aromatic carbocycles. The van der Waals surface area contributed by atoms with Crippen molar-refractivity contribution < 1.29 is 29.3 Å². The molecular weight excluding hydrogens is 314 g/mol. The molecule has 1 aliphatic rings. The second kappa shape index (κ2) is 9.91. The van der Waals surface area contributed by atoms with Crippen molar-refractivity contribution in [2.24, 2.45) is 23.7 Å². The fourth-order valence-electron chi connectivity index (χ4n) is 3.48. The van der Waals surface area contributed by atoms with Crippen molar-refractivity contribution in [3.63, 3.8) is 0 Å². The molecule has 0 heterocycles. The van der Waals surface area contributed by atoms with E-state index in [1.165, 1.54) is 0 Å². The van der Waals surface area contributed by atoms with Crippen LogP contribution >= 0.6 is 0 Å². The quantitative estimate of drug-likeness (QED) is 0.462. The first-order valence-corrected chi connectivity index (χ1v) is 8.43. The second-order valence-electron chi connectivity index (χ2n) is 6.20. The van der Waals surface area contributed by atoms with Crippen LogP contribution in [0.4, 0.5) is 0 Å². The Labute approximate surface area is 141 Å². The zero-order chi connectivity index (χ0) is 18.1. The van der Waals surface area contributed by atoms with Gasteiger partial charge in [-0.25, -0.2) is 0 Å². The fraction of sp³-hybridized carbons (Fsp3) is 0.765. The smallest absolute Gasteiger partial charge is 0.307 e. The number of unbranched alkanes of at least 4 members (excludes halogenated alkanes) is 3. The lowest BCUT2D eigenvalue weighted by atomic mass is 9.84. The molecule has 0 spiro atoms. The van der Waals surface area contributed by atoms with E-state index in [1.807, 2.05) is 6.07 Å². The molecule has 0 radical (unpaired) electrons. The number of carboxylic acid groups (broad SMARTS) is 2. The average Bonchev–Trinajstić information content (AvgIpc) is 2.90. The van der Waals surface area contributed by atoms with Crippen molar-refractivity contribution in [1.82, 2.24) is 0 Å². The Balaban J connectivity index is 2.43. The highest BCUT2D eigenvalue weighted by Gasteiger charge is 2.49. The molecule has 134 valence electrons. The number of esters is 1. The monoisotopic (exact) mass is 339 g/mol. The van der Waals surface area contributed by atoms with Gasteiger partial charge in [0, 0.05) is 6.42 Å². The van der Waals surface area contributed by atoms with E-state index >= 15 is 0 Å². The van der Waals surface area contributed by atoms with Gasteiger partial charge in [0.25, 0.3) is 0 Å². The van der Waals surface area contributed by atoms with E-state index in [9.17, 15) is 29.9 Å². The van der Waals surface area contributed by atoms with Crippen molar-refractivity contribution in [2.75, 3.05) is 6.61 Å². The summed E-state index contributed by atoms with van der Waals surface area (Å²) in [6.45, 7) is 2.13. The van der Waals surface area contributed by atoms with Crippen LogP contribution in [0.3, 0.4) is 0 Å². The standard InChI is InChI=1S/C17H25NO6/c1-2-24-15(19)8-6-4-3-5-7-11-12(16(20)21)9-13(17(22)23)14(11)10-18/h11-14H,2-9H2,1H3,(H,20,21)(H,22,23). The van der Waals surface area contributed by atoms with Crippen LogP contribution in [0.1, 0.15) is 51.9 Å². The summed E-state index contributed by atoms with van der Waals surface area (Å²) in [5.41, 5.74) is 0. The van der Waals surface area contributed by atoms with Crippen molar-refractivity contribution in [3.8, 4) is 6.07 Å². The minimum atomic E-state index is -1.09. The van der Waals surface area contributed by atoms with E-state index in [-0.39, 0.29) is 12.4 Å². The summed E-state index contributed by atoms with van der Waals surface area (Å²) >= 11 is 0. The van der Waals surface area contributed by atoms with Crippen LogP contribution in [-0.4, -0.2) is 34.7 Å². The van der Waals surface area contributed by atoms with Crippen molar-refractivity contribution in [3.05, 3.63) is 0 Å². The maximum absolute atomic E-state index is 11.4. The largest absolute Gasteiger partial charge is 0.481 e. The van der Waals surface area contributed by atoms with Gasteiger partial charge in [0.15, 0.2) is 0 Å². The molecule has 1 fully saturated rings. The molecule has 1 rings (SSSR count). The van der Waals surface area contributed by atoms with E-state index in [0.29, 0.717) is 25.9 Å². The molecule has 2 N–H and O–H groups in total. The number of carbonyl (C=O) groups is 3. The Morgan fingerprint density at radius 2 is 1.71 bits per heavy atom. The SMILES string of the molecule is CCOC(=O)CCCCCCC1C(C(=O)O)CC(C(=O)O)C1C#N. The third kappa shape index (κ3) is 5.52. The molecule has 4 unspecified atom stereocenters. The summed E-state index contributed by atoms with van der Waals surface area (Å²) in [6, 6.07) is 2.01. The van der Waals surface area contributed by atoms with E-state index in [1.54, 1.807) is 6.92 Å². The Kier molecular flexibility index (Phi) is 8.24. The van der Waals surface area contributed by atoms with Gasteiger partial charge < -0.3 is 14.9 Å². The molecule has 0 aliphatic heterocycles. The lowest BCUT2D eigenvalue weighted by molar-refractivity contribution is -0.144. The lowest BCUT2D eigenvalue weighted by Crippen LogP contribution is -2.23. The van der Waals surface area contributed by atoms with Crippen LogP contribution in [0.15, 0.2) is 0 Å². The van der Waals surface area contributed by atoms with Gasteiger partial charge in [-0.1, -0.05) is 19.3 Å². The maximum atomic E-state index is 11.4. The zero-order valence-corrected chi connectivity index (χ0v) is 13.9. The summed E-state index contributed by atoms with van der Waals surface area (Å²) in [6.07, 6.45) is 4.00. The minimum Gasteiger partial charge on any atom is -0.481 e. The predicted octanol–water partition coefficient (Wildman–Crippen LogP) is 2.45. The van der Waals surface area contributed by atoms with Crippen LogP contribution in [0.5, 0.6) is 0 Å². The Morgan fingerprint density at radius 1 is 1.08 bits per heavy atom. The first kappa shape index (κ1) is 19.9. The first-order chi connectivity index (χ1) is 11.4. The highest BCUT2D eigenvalue weighted by molar-refractivity contribution is 5.76. The molecule has 0 amide bonds. The second-order valence-corrected chi connectivity index (χ2v) is 6.20. The summed E-state index contributed by atoms with van der Waals surface area (Å²) in [4.78, 5) is 33.8. The summed E-state index contributed by atoms with van der Waals surface area (Å²) in [5, 5.41) is 27.7. The number of ether oxygens (including phenoxy) is 1. The molecule has 24 heavy (non-hydrogen) atoms. The molecule has 0 saturated heterocycles. The number of nitrogens with zero attached hydrogens (tertiary/aromatic N) is 1. The van der Waals surface area contributed by atoms with Crippen molar-refractivity contribution in [2.45, 2.75) is 51.9 Å². The van der Waals surface area contributed by atoms with Crippen molar-refractivity contribution in [1.29, 1.82) is 5.26 Å². The highest BCUT2D eigenvalue weighted by atomic mass is 16.5. The molecule has 4 atom stereocenters. The van der Waals surface area contributed by atoms with Gasteiger partial charge in [-0.15, -0.1) is 0 Å². The van der Waals surface area contributed by atoms with Gasteiger partial charge in [-0.2, -0.15) is 5.26 Å². The van der Waals surface area contributed by atoms with Gasteiger partial charge in [0.2, 0.25) is 0 Å². The van der Waals surface area contributed by atoms with E-state index < -0.39 is 35.6 Å². The number of aliphatic carboxylic acids is 2. The Bertz CT molecular complexity index is 498. The number of hydrogen-bond acceptors (Lipinski definition) is 5. The minimum absolute atomic E-state index is 0.0242. The number of rotatable bonds is 10. The molecule has 7 heteroatoms. The average molecular weight is 339 g/mol. The number of carbonyl (C=O) groups excluding carboxylic acids is 1. The molecule has 0 aromatic rings. The summed E-state index contributed by atoms with van der Waals surface area (Å²) < 4.78 is 4.84. The highest BCUT2D eigenvalue weighted by Crippen LogP contribution is 2.44. The molecule has 1 saturated carbocycles. The van der Waals surface area contributed by atoms with E-state index in [4.69, 9.17) is 4.74 Å². The number of nitriles is 1. The number of hydrogen-bond donors (Lipinski definition) is 2. The van der Waals surface area contributed by atoms with Gasteiger partial charge in [-0.05, 0) is 32.1 Å². The normalized spacial score (nSPS) is 25.8. The van der Waals surface area contributed by atoms with Crippen LogP contribution in [0.25, 0.3) is 0 Å². The van der Waals surface area contributed by atoms with Gasteiger partial charge in [-0.3, -0.25) is 14.4 Å². The lowest BCUT2D eigenvalue weighted by Gasteiger charge is -2.18. The predicted molar refractivity (Wildman–Crippen MR) is 83.8 cm³/mol. The third-order valence-electron chi connectivity index (χ3n) is 4.68. The number of carboxylic acids is 2. The molecule has 0 bridgehead atoms. The summed E-state index contributed by atoms with van der Waals surface area (Å²) in [7, 11) is 0. The Hall–Kier alpha value is -2.10. The van der Waals surface area contributed by atoms with Gasteiger partial charge in [0.1, 0.15) is 0 Å².